The molecule has 2 N–H and O–H groups in total. The Labute approximate surface area is 108 Å². The Bertz CT molecular complexity index is 513. The minimum Gasteiger partial charge on any atom is -0.392 e. The van der Waals surface area contributed by atoms with Crippen LogP contribution in [0.1, 0.15) is 31.7 Å². The van der Waals surface area contributed by atoms with Crippen LogP contribution in [-0.4, -0.2) is 19.6 Å². The molecule has 2 rings (SSSR count). The molecule has 0 aromatic heterocycles. The van der Waals surface area contributed by atoms with Crippen LogP contribution in [0, 0.1) is 5.92 Å². The first-order valence-electron chi connectivity index (χ1n) is 6.29. The third-order valence-corrected chi connectivity index (χ3v) is 4.77. The average Bonchev–Trinajstić information content (AvgIpc) is 3.07. The Kier molecular flexibility index (Phi) is 4.04. The maximum absolute atomic E-state index is 12.1. The van der Waals surface area contributed by atoms with Gasteiger partial charge in [0, 0.05) is 6.04 Å². The van der Waals surface area contributed by atoms with Gasteiger partial charge in [0.2, 0.25) is 10.0 Å². The summed E-state index contributed by atoms with van der Waals surface area (Å²) in [5.74, 6) is 0.491. The second-order valence-corrected chi connectivity index (χ2v) is 6.53. The lowest BCUT2D eigenvalue weighted by Crippen LogP contribution is -2.27. The van der Waals surface area contributed by atoms with E-state index in [9.17, 15) is 8.42 Å². The number of benzene rings is 1. The third kappa shape index (κ3) is 3.10. The highest BCUT2D eigenvalue weighted by Gasteiger charge is 2.39. The topological polar surface area (TPSA) is 66.4 Å². The van der Waals surface area contributed by atoms with Crippen LogP contribution >= 0.6 is 0 Å². The fraction of sp³-hybridized carbons (Fsp3) is 0.538. The van der Waals surface area contributed by atoms with Crippen LogP contribution in [0.25, 0.3) is 0 Å². The predicted molar refractivity (Wildman–Crippen MR) is 69.5 cm³/mol. The van der Waals surface area contributed by atoms with E-state index in [2.05, 4.69) is 11.6 Å². The molecule has 1 aromatic carbocycles. The van der Waals surface area contributed by atoms with E-state index in [-0.39, 0.29) is 17.5 Å². The predicted octanol–water partition coefficient (Wildman–Crippen LogP) is 1.65. The molecular weight excluding hydrogens is 250 g/mol. The number of hydrogen-bond donors (Lipinski definition) is 2. The van der Waals surface area contributed by atoms with Crippen molar-refractivity contribution in [3.05, 3.63) is 29.8 Å². The fourth-order valence-corrected chi connectivity index (χ4v) is 3.55. The molecule has 1 aliphatic carbocycles. The largest absolute Gasteiger partial charge is 0.392 e. The zero-order chi connectivity index (χ0) is 13.2. The minimum atomic E-state index is -3.44. The minimum absolute atomic E-state index is 0.0905. The van der Waals surface area contributed by atoms with Crippen molar-refractivity contribution in [1.29, 1.82) is 0 Å². The lowest BCUT2D eigenvalue weighted by Gasteiger charge is -2.07. The van der Waals surface area contributed by atoms with Crippen LogP contribution in [0.2, 0.25) is 0 Å². The summed E-state index contributed by atoms with van der Waals surface area (Å²) in [7, 11) is -3.44. The van der Waals surface area contributed by atoms with E-state index in [0.29, 0.717) is 11.5 Å². The van der Waals surface area contributed by atoms with Gasteiger partial charge in [-0.3, -0.25) is 0 Å². The van der Waals surface area contributed by atoms with Gasteiger partial charge >= 0.3 is 0 Å². The molecule has 2 atom stereocenters. The van der Waals surface area contributed by atoms with E-state index in [4.69, 9.17) is 5.11 Å². The van der Waals surface area contributed by atoms with Gasteiger partial charge < -0.3 is 5.11 Å². The number of hydrogen-bond acceptors (Lipinski definition) is 3. The van der Waals surface area contributed by atoms with E-state index in [1.807, 2.05) is 0 Å². The number of nitrogens with one attached hydrogen (secondary N) is 1. The summed E-state index contributed by atoms with van der Waals surface area (Å²) in [6.07, 6.45) is 3.10. The second-order valence-electron chi connectivity index (χ2n) is 4.82. The van der Waals surface area contributed by atoms with Crippen LogP contribution < -0.4 is 4.72 Å². The van der Waals surface area contributed by atoms with E-state index in [0.717, 1.165) is 19.3 Å². The SMILES string of the molecule is CCCC1CC1NS(=O)(=O)c1cccc(CO)c1. The van der Waals surface area contributed by atoms with Gasteiger partial charge in [-0.15, -0.1) is 0 Å². The highest BCUT2D eigenvalue weighted by Crippen LogP contribution is 2.35. The van der Waals surface area contributed by atoms with Gasteiger partial charge in [0.25, 0.3) is 0 Å². The smallest absolute Gasteiger partial charge is 0.240 e. The summed E-state index contributed by atoms with van der Waals surface area (Å²) in [6.45, 7) is 1.96. The highest BCUT2D eigenvalue weighted by molar-refractivity contribution is 7.89. The molecule has 0 saturated heterocycles. The van der Waals surface area contributed by atoms with E-state index >= 15 is 0 Å². The molecule has 0 heterocycles. The molecule has 1 aliphatic rings. The standard InChI is InChI=1S/C13H19NO3S/c1-2-4-11-8-13(11)14-18(16,17)12-6-3-5-10(7-12)9-15/h3,5-7,11,13-15H,2,4,8-9H2,1H3. The maximum atomic E-state index is 12.1. The monoisotopic (exact) mass is 269 g/mol. The normalized spacial score (nSPS) is 23.0. The van der Waals surface area contributed by atoms with E-state index in [1.54, 1.807) is 18.2 Å². The summed E-state index contributed by atoms with van der Waals surface area (Å²) < 4.78 is 26.9. The molecule has 1 saturated carbocycles. The van der Waals surface area contributed by atoms with E-state index < -0.39 is 10.0 Å². The number of sulfonamides is 1. The van der Waals surface area contributed by atoms with Crippen molar-refractivity contribution >= 4 is 10.0 Å². The molecule has 0 radical (unpaired) electrons. The van der Waals surface area contributed by atoms with Gasteiger partial charge in [0.05, 0.1) is 11.5 Å². The highest BCUT2D eigenvalue weighted by atomic mass is 32.2. The Morgan fingerprint density at radius 1 is 1.44 bits per heavy atom. The molecule has 4 nitrogen and oxygen atoms in total. The van der Waals surface area contributed by atoms with Crippen molar-refractivity contribution < 1.29 is 13.5 Å². The first kappa shape index (κ1) is 13.5. The average molecular weight is 269 g/mol. The number of rotatable bonds is 6. The lowest BCUT2D eigenvalue weighted by molar-refractivity contribution is 0.281. The first-order valence-corrected chi connectivity index (χ1v) is 7.77. The van der Waals surface area contributed by atoms with Gasteiger partial charge in [-0.2, -0.15) is 0 Å². The summed E-state index contributed by atoms with van der Waals surface area (Å²) >= 11 is 0. The van der Waals surface area contributed by atoms with Gasteiger partial charge in [-0.1, -0.05) is 25.5 Å². The molecule has 0 amide bonds. The molecule has 100 valence electrons. The molecular formula is C13H19NO3S. The maximum Gasteiger partial charge on any atom is 0.240 e. The fourth-order valence-electron chi connectivity index (χ4n) is 2.16. The lowest BCUT2D eigenvalue weighted by atomic mass is 10.2. The Balaban J connectivity index is 2.07. The third-order valence-electron chi connectivity index (χ3n) is 3.28. The number of aliphatic hydroxyl groups is 1. The molecule has 0 aliphatic heterocycles. The van der Waals surface area contributed by atoms with Crippen molar-refractivity contribution in [2.24, 2.45) is 5.92 Å². The molecule has 1 aromatic rings. The molecule has 2 unspecified atom stereocenters. The molecule has 0 bridgehead atoms. The summed E-state index contributed by atoms with van der Waals surface area (Å²) in [4.78, 5) is 0.233. The van der Waals surface area contributed by atoms with E-state index in [1.165, 1.54) is 6.07 Å². The first-order chi connectivity index (χ1) is 8.56. The Morgan fingerprint density at radius 3 is 2.89 bits per heavy atom. The van der Waals surface area contributed by atoms with Crippen molar-refractivity contribution in [3.8, 4) is 0 Å². The van der Waals surface area contributed by atoms with Crippen molar-refractivity contribution in [3.63, 3.8) is 0 Å². The van der Waals surface area contributed by atoms with Crippen molar-refractivity contribution in [2.45, 2.75) is 43.7 Å². The van der Waals surface area contributed by atoms with Crippen LogP contribution in [0.3, 0.4) is 0 Å². The second kappa shape index (κ2) is 5.38. The Morgan fingerprint density at radius 2 is 2.22 bits per heavy atom. The van der Waals surface area contributed by atoms with Gasteiger partial charge in [-0.25, -0.2) is 13.1 Å². The van der Waals surface area contributed by atoms with Crippen LogP contribution in [-0.2, 0) is 16.6 Å². The van der Waals surface area contributed by atoms with Gasteiger partial charge in [0.1, 0.15) is 0 Å². The van der Waals surface area contributed by atoms with Crippen LogP contribution in [0.15, 0.2) is 29.2 Å². The van der Waals surface area contributed by atoms with Crippen molar-refractivity contribution in [2.75, 3.05) is 0 Å². The summed E-state index contributed by atoms with van der Waals surface area (Å²) in [5.41, 5.74) is 0.610. The zero-order valence-corrected chi connectivity index (χ0v) is 11.3. The van der Waals surface area contributed by atoms with Crippen LogP contribution in [0.4, 0.5) is 0 Å². The summed E-state index contributed by atoms with van der Waals surface area (Å²) in [6, 6.07) is 6.51. The zero-order valence-electron chi connectivity index (χ0n) is 10.5. The van der Waals surface area contributed by atoms with Gasteiger partial charge in [-0.05, 0) is 36.5 Å². The van der Waals surface area contributed by atoms with Crippen molar-refractivity contribution in [1.82, 2.24) is 4.72 Å². The molecule has 5 heteroatoms. The quantitative estimate of drug-likeness (QED) is 0.825. The van der Waals surface area contributed by atoms with Gasteiger partial charge in [0.15, 0.2) is 0 Å². The van der Waals surface area contributed by atoms with Crippen LogP contribution in [0.5, 0.6) is 0 Å². The molecule has 0 spiro atoms. The summed E-state index contributed by atoms with van der Waals surface area (Å²) in [5, 5.41) is 9.02. The molecule has 18 heavy (non-hydrogen) atoms. The number of aliphatic hydroxyl groups excluding tert-OH is 1. The molecule has 1 fully saturated rings. The Hall–Kier alpha value is -0.910.